The molecule has 1 amide bonds. The second-order valence-corrected chi connectivity index (χ2v) is 4.33. The SMILES string of the molecule is COC(C)(C)CNC(=O)C(C)C(C)N. The molecule has 0 saturated heterocycles. The predicted molar refractivity (Wildman–Crippen MR) is 56.9 cm³/mol. The van der Waals surface area contributed by atoms with Gasteiger partial charge < -0.3 is 15.8 Å². The van der Waals surface area contributed by atoms with E-state index in [1.54, 1.807) is 7.11 Å². The molecule has 3 N–H and O–H groups in total. The molecule has 84 valence electrons. The molecule has 0 bridgehead atoms. The summed E-state index contributed by atoms with van der Waals surface area (Å²) in [5.41, 5.74) is 5.29. The third-order valence-corrected chi connectivity index (χ3v) is 2.44. The lowest BCUT2D eigenvalue weighted by atomic mass is 10.0. The van der Waals surface area contributed by atoms with Crippen LogP contribution in [0.1, 0.15) is 27.7 Å². The van der Waals surface area contributed by atoms with Crippen LogP contribution in [0.15, 0.2) is 0 Å². The van der Waals surface area contributed by atoms with Crippen LogP contribution < -0.4 is 11.1 Å². The van der Waals surface area contributed by atoms with Gasteiger partial charge in [0.1, 0.15) is 0 Å². The summed E-state index contributed by atoms with van der Waals surface area (Å²) in [6, 6.07) is -0.124. The summed E-state index contributed by atoms with van der Waals surface area (Å²) in [5, 5.41) is 2.81. The third-order valence-electron chi connectivity index (χ3n) is 2.44. The molecule has 0 aliphatic rings. The van der Waals surface area contributed by atoms with Gasteiger partial charge in [0.2, 0.25) is 5.91 Å². The number of carbonyl (C=O) groups is 1. The molecule has 0 heterocycles. The Morgan fingerprint density at radius 1 is 1.50 bits per heavy atom. The van der Waals surface area contributed by atoms with E-state index < -0.39 is 0 Å². The average Bonchev–Trinajstić information content (AvgIpc) is 2.13. The van der Waals surface area contributed by atoms with Crippen LogP contribution in [0.4, 0.5) is 0 Å². The minimum atomic E-state index is -0.326. The first-order chi connectivity index (χ1) is 6.30. The van der Waals surface area contributed by atoms with E-state index in [-0.39, 0.29) is 23.5 Å². The molecular weight excluding hydrogens is 180 g/mol. The highest BCUT2D eigenvalue weighted by Crippen LogP contribution is 2.06. The third kappa shape index (κ3) is 4.58. The van der Waals surface area contributed by atoms with Crippen LogP contribution in [0.5, 0.6) is 0 Å². The van der Waals surface area contributed by atoms with Gasteiger partial charge >= 0.3 is 0 Å². The van der Waals surface area contributed by atoms with Crippen LogP contribution in [-0.4, -0.2) is 31.2 Å². The van der Waals surface area contributed by atoms with E-state index in [0.29, 0.717) is 6.54 Å². The van der Waals surface area contributed by atoms with Crippen LogP contribution >= 0.6 is 0 Å². The summed E-state index contributed by atoms with van der Waals surface area (Å²) in [7, 11) is 1.63. The highest BCUT2D eigenvalue weighted by molar-refractivity contribution is 5.78. The van der Waals surface area contributed by atoms with Gasteiger partial charge in [-0.15, -0.1) is 0 Å². The van der Waals surface area contributed by atoms with E-state index in [9.17, 15) is 4.79 Å². The number of amides is 1. The van der Waals surface area contributed by atoms with E-state index in [1.165, 1.54) is 0 Å². The lowest BCUT2D eigenvalue weighted by Gasteiger charge is -2.24. The maximum Gasteiger partial charge on any atom is 0.224 e. The van der Waals surface area contributed by atoms with Gasteiger partial charge in [-0.1, -0.05) is 6.92 Å². The monoisotopic (exact) mass is 202 g/mol. The van der Waals surface area contributed by atoms with Crippen molar-refractivity contribution in [2.24, 2.45) is 11.7 Å². The molecule has 2 unspecified atom stereocenters. The number of nitrogens with two attached hydrogens (primary N) is 1. The highest BCUT2D eigenvalue weighted by atomic mass is 16.5. The smallest absolute Gasteiger partial charge is 0.224 e. The molecule has 4 heteroatoms. The zero-order valence-corrected chi connectivity index (χ0v) is 9.76. The van der Waals surface area contributed by atoms with Crippen molar-refractivity contribution in [2.75, 3.05) is 13.7 Å². The van der Waals surface area contributed by atoms with Gasteiger partial charge in [-0.05, 0) is 20.8 Å². The van der Waals surface area contributed by atoms with Crippen LogP contribution in [0.3, 0.4) is 0 Å². The second kappa shape index (κ2) is 5.32. The Balaban J connectivity index is 3.97. The topological polar surface area (TPSA) is 64.3 Å². The van der Waals surface area contributed by atoms with Crippen LogP contribution in [0.2, 0.25) is 0 Å². The van der Waals surface area contributed by atoms with Gasteiger partial charge in [0.05, 0.1) is 5.60 Å². The number of hydrogen-bond acceptors (Lipinski definition) is 3. The second-order valence-electron chi connectivity index (χ2n) is 4.33. The molecule has 0 fully saturated rings. The number of carbonyl (C=O) groups excluding carboxylic acids is 1. The predicted octanol–water partition coefficient (Wildman–Crippen LogP) is 0.511. The number of methoxy groups -OCH3 is 1. The molecule has 0 spiro atoms. The Kier molecular flexibility index (Phi) is 5.08. The fourth-order valence-corrected chi connectivity index (χ4v) is 0.772. The van der Waals surface area contributed by atoms with Crippen LogP contribution in [-0.2, 0) is 9.53 Å². The lowest BCUT2D eigenvalue weighted by molar-refractivity contribution is -0.126. The minimum absolute atomic E-state index is 0.0230. The Bertz CT molecular complexity index is 191. The summed E-state index contributed by atoms with van der Waals surface area (Å²) >= 11 is 0. The van der Waals surface area contributed by atoms with Crippen molar-refractivity contribution in [3.05, 3.63) is 0 Å². The number of rotatable bonds is 5. The van der Waals surface area contributed by atoms with Gasteiger partial charge in [-0.2, -0.15) is 0 Å². The van der Waals surface area contributed by atoms with E-state index in [0.717, 1.165) is 0 Å². The summed E-state index contributed by atoms with van der Waals surface area (Å²) in [6.07, 6.45) is 0. The molecule has 14 heavy (non-hydrogen) atoms. The average molecular weight is 202 g/mol. The maximum absolute atomic E-state index is 11.5. The van der Waals surface area contributed by atoms with Crippen molar-refractivity contribution in [1.82, 2.24) is 5.32 Å². The Labute approximate surface area is 86.2 Å². The van der Waals surface area contributed by atoms with Crippen molar-refractivity contribution in [1.29, 1.82) is 0 Å². The highest BCUT2D eigenvalue weighted by Gasteiger charge is 2.21. The summed E-state index contributed by atoms with van der Waals surface area (Å²) in [4.78, 5) is 11.5. The fourth-order valence-electron chi connectivity index (χ4n) is 0.772. The zero-order valence-electron chi connectivity index (χ0n) is 9.76. The van der Waals surface area contributed by atoms with Crippen molar-refractivity contribution in [2.45, 2.75) is 39.3 Å². The quantitative estimate of drug-likeness (QED) is 0.682. The van der Waals surface area contributed by atoms with Gasteiger partial charge in [0, 0.05) is 25.6 Å². The standard InChI is InChI=1S/C10H22N2O2/c1-7(8(2)11)9(13)12-6-10(3,4)14-5/h7-8H,6,11H2,1-5H3,(H,12,13). The molecule has 0 aromatic rings. The van der Waals surface area contributed by atoms with E-state index in [2.05, 4.69) is 5.32 Å². The molecule has 4 nitrogen and oxygen atoms in total. The van der Waals surface area contributed by atoms with Crippen molar-refractivity contribution < 1.29 is 9.53 Å². The maximum atomic E-state index is 11.5. The first kappa shape index (κ1) is 13.4. The first-order valence-electron chi connectivity index (χ1n) is 4.88. The van der Waals surface area contributed by atoms with Crippen LogP contribution in [0, 0.1) is 5.92 Å². The van der Waals surface area contributed by atoms with Crippen molar-refractivity contribution in [3.63, 3.8) is 0 Å². The van der Waals surface area contributed by atoms with Crippen molar-refractivity contribution in [3.8, 4) is 0 Å². The molecule has 0 radical (unpaired) electrons. The number of hydrogen-bond donors (Lipinski definition) is 2. The van der Waals surface area contributed by atoms with Crippen LogP contribution in [0.25, 0.3) is 0 Å². The molecule has 0 aliphatic heterocycles. The molecule has 0 saturated carbocycles. The lowest BCUT2D eigenvalue weighted by Crippen LogP contribution is -2.45. The number of ether oxygens (including phenoxy) is 1. The Hall–Kier alpha value is -0.610. The van der Waals surface area contributed by atoms with Gasteiger partial charge in [0.15, 0.2) is 0 Å². The largest absolute Gasteiger partial charge is 0.377 e. The summed E-state index contributed by atoms with van der Waals surface area (Å²) in [6.45, 7) is 7.98. The molecule has 2 atom stereocenters. The molecule has 0 rings (SSSR count). The van der Waals surface area contributed by atoms with Gasteiger partial charge in [-0.3, -0.25) is 4.79 Å². The fraction of sp³-hybridized carbons (Fsp3) is 0.900. The Morgan fingerprint density at radius 2 is 2.00 bits per heavy atom. The molecule has 0 aromatic carbocycles. The molecule has 0 aromatic heterocycles. The normalized spacial score (nSPS) is 16.1. The first-order valence-corrected chi connectivity index (χ1v) is 4.88. The van der Waals surface area contributed by atoms with E-state index in [1.807, 2.05) is 27.7 Å². The molecular formula is C10H22N2O2. The van der Waals surface area contributed by atoms with E-state index >= 15 is 0 Å². The number of nitrogens with one attached hydrogen (secondary N) is 1. The Morgan fingerprint density at radius 3 is 2.36 bits per heavy atom. The van der Waals surface area contributed by atoms with Gasteiger partial charge in [-0.25, -0.2) is 0 Å². The van der Waals surface area contributed by atoms with Crippen molar-refractivity contribution >= 4 is 5.91 Å². The summed E-state index contributed by atoms with van der Waals surface area (Å²) < 4.78 is 5.18. The van der Waals surface area contributed by atoms with E-state index in [4.69, 9.17) is 10.5 Å². The van der Waals surface area contributed by atoms with Gasteiger partial charge in [0.25, 0.3) is 0 Å². The molecule has 0 aliphatic carbocycles. The zero-order chi connectivity index (χ0) is 11.4. The minimum Gasteiger partial charge on any atom is -0.377 e. The summed E-state index contributed by atoms with van der Waals surface area (Å²) in [5.74, 6) is -0.187.